The summed E-state index contributed by atoms with van der Waals surface area (Å²) in [5.41, 5.74) is 1.44. The molecule has 0 aliphatic carbocycles. The van der Waals surface area contributed by atoms with Crippen molar-refractivity contribution in [2.75, 3.05) is 0 Å². The molecule has 110 valence electrons. The maximum absolute atomic E-state index is 13.7. The first-order chi connectivity index (χ1) is 10.0. The summed E-state index contributed by atoms with van der Waals surface area (Å²) in [6.07, 6.45) is 0. The van der Waals surface area contributed by atoms with Gasteiger partial charge in [0.05, 0.1) is 31.8 Å². The second-order valence-corrected chi connectivity index (χ2v) is 7.47. The molecule has 0 amide bonds. The first-order valence-corrected chi connectivity index (χ1v) is 8.70. The lowest BCUT2D eigenvalue weighted by atomic mass is 10.2. The Morgan fingerprint density at radius 3 is 2.81 bits per heavy atom. The van der Waals surface area contributed by atoms with Crippen molar-refractivity contribution in [1.29, 1.82) is 0 Å². The summed E-state index contributed by atoms with van der Waals surface area (Å²) in [5.74, 6) is 0.637. The first kappa shape index (κ1) is 15.3. The molecule has 0 N–H and O–H groups in total. The number of fused-ring (bicyclic) bond motifs is 1. The lowest BCUT2D eigenvalue weighted by molar-refractivity contribution is 0.621. The zero-order valence-electron chi connectivity index (χ0n) is 10.9. The van der Waals surface area contributed by atoms with Crippen molar-refractivity contribution in [3.05, 3.63) is 49.6 Å². The molecule has 0 spiro atoms. The number of halogens is 4. The largest absolute Gasteiger partial charge is 0.319 e. The third-order valence-corrected chi connectivity index (χ3v) is 5.57. The summed E-state index contributed by atoms with van der Waals surface area (Å²) in [4.78, 5) is 5.53. The zero-order valence-corrected chi connectivity index (χ0v) is 14.8. The molecular formula is C14H10BrCl2FN2S. The summed E-state index contributed by atoms with van der Waals surface area (Å²) >= 11 is 16.8. The number of rotatable bonds is 3. The number of hydrogen-bond acceptors (Lipinski definition) is 2. The van der Waals surface area contributed by atoms with E-state index in [2.05, 4.69) is 27.8 Å². The molecule has 0 saturated carbocycles. The highest BCUT2D eigenvalue weighted by atomic mass is 79.9. The predicted molar refractivity (Wildman–Crippen MR) is 90.1 cm³/mol. The number of alkyl halides is 1. The van der Waals surface area contributed by atoms with Gasteiger partial charge in [0.15, 0.2) is 0 Å². The SMILES string of the molecule is CC(c1ccc(Cl)s1)n1c(CCl)nc2cc(F)c(Br)cc21. The summed E-state index contributed by atoms with van der Waals surface area (Å²) < 4.78 is 16.8. The molecule has 0 radical (unpaired) electrons. The standard InChI is InChI=1S/C14H10BrCl2FN2S/c1-7(12-2-3-13(17)21-12)20-11-4-8(15)9(18)5-10(11)19-14(20)6-16/h2-5,7H,6H2,1H3. The monoisotopic (exact) mass is 406 g/mol. The molecule has 21 heavy (non-hydrogen) atoms. The molecule has 7 heteroatoms. The highest BCUT2D eigenvalue weighted by molar-refractivity contribution is 9.10. The molecule has 0 saturated heterocycles. The van der Waals surface area contributed by atoms with Crippen molar-refractivity contribution in [3.8, 4) is 0 Å². The van der Waals surface area contributed by atoms with Crippen molar-refractivity contribution in [2.45, 2.75) is 18.8 Å². The van der Waals surface area contributed by atoms with Gasteiger partial charge in [0.25, 0.3) is 0 Å². The summed E-state index contributed by atoms with van der Waals surface area (Å²) in [6.45, 7) is 2.05. The molecule has 1 unspecified atom stereocenters. The molecule has 2 heterocycles. The second kappa shape index (κ2) is 5.88. The van der Waals surface area contributed by atoms with Crippen LogP contribution in [0.25, 0.3) is 11.0 Å². The highest BCUT2D eigenvalue weighted by Gasteiger charge is 2.19. The van der Waals surface area contributed by atoms with E-state index in [1.54, 1.807) is 6.07 Å². The van der Waals surface area contributed by atoms with Gasteiger partial charge >= 0.3 is 0 Å². The van der Waals surface area contributed by atoms with Crippen molar-refractivity contribution in [1.82, 2.24) is 9.55 Å². The van der Waals surface area contributed by atoms with E-state index < -0.39 is 0 Å². The van der Waals surface area contributed by atoms with Crippen LogP contribution in [-0.2, 0) is 5.88 Å². The van der Waals surface area contributed by atoms with E-state index in [0.717, 1.165) is 14.7 Å². The summed E-state index contributed by atoms with van der Waals surface area (Å²) in [6, 6.07) is 7.03. The third kappa shape index (κ3) is 2.72. The van der Waals surface area contributed by atoms with Gasteiger partial charge in [-0.2, -0.15) is 0 Å². The van der Waals surface area contributed by atoms with E-state index in [-0.39, 0.29) is 17.7 Å². The van der Waals surface area contributed by atoms with Gasteiger partial charge in [0.2, 0.25) is 0 Å². The molecule has 0 aliphatic rings. The number of hydrogen-bond donors (Lipinski definition) is 0. The van der Waals surface area contributed by atoms with Crippen LogP contribution in [-0.4, -0.2) is 9.55 Å². The van der Waals surface area contributed by atoms with Crippen molar-refractivity contribution in [2.24, 2.45) is 0 Å². The van der Waals surface area contributed by atoms with Gasteiger partial charge in [-0.3, -0.25) is 0 Å². The van der Waals surface area contributed by atoms with E-state index in [1.165, 1.54) is 17.4 Å². The van der Waals surface area contributed by atoms with Crippen LogP contribution in [0.1, 0.15) is 23.7 Å². The molecule has 2 aromatic heterocycles. The molecule has 0 bridgehead atoms. The van der Waals surface area contributed by atoms with Crippen LogP contribution < -0.4 is 0 Å². The fourth-order valence-electron chi connectivity index (χ4n) is 2.35. The molecule has 3 aromatic rings. The van der Waals surface area contributed by atoms with Crippen LogP contribution in [0.3, 0.4) is 0 Å². The number of aromatic nitrogens is 2. The lowest BCUT2D eigenvalue weighted by Crippen LogP contribution is -2.08. The van der Waals surface area contributed by atoms with Gasteiger partial charge in [-0.15, -0.1) is 22.9 Å². The number of imidazole rings is 1. The fraction of sp³-hybridized carbons (Fsp3) is 0.214. The minimum atomic E-state index is -0.333. The number of nitrogens with zero attached hydrogens (tertiary/aromatic N) is 2. The quantitative estimate of drug-likeness (QED) is 0.486. The molecule has 0 aliphatic heterocycles. The maximum atomic E-state index is 13.7. The Bertz CT molecular complexity index is 815. The molecular weight excluding hydrogens is 398 g/mol. The van der Waals surface area contributed by atoms with Gasteiger partial charge in [0, 0.05) is 10.9 Å². The number of benzene rings is 1. The average Bonchev–Trinajstić information content (AvgIpc) is 3.02. The van der Waals surface area contributed by atoms with Crippen molar-refractivity contribution >= 4 is 61.5 Å². The Hall–Kier alpha value is -0.620. The Morgan fingerprint density at radius 1 is 1.43 bits per heavy atom. The Kier molecular flexibility index (Phi) is 4.28. The van der Waals surface area contributed by atoms with Crippen LogP contribution in [0.15, 0.2) is 28.7 Å². The van der Waals surface area contributed by atoms with Crippen LogP contribution in [0, 0.1) is 5.82 Å². The van der Waals surface area contributed by atoms with E-state index in [0.29, 0.717) is 15.8 Å². The Labute approximate surface area is 143 Å². The smallest absolute Gasteiger partial charge is 0.139 e. The van der Waals surface area contributed by atoms with Crippen LogP contribution >= 0.6 is 50.5 Å². The summed E-state index contributed by atoms with van der Waals surface area (Å²) in [7, 11) is 0. The molecule has 1 atom stereocenters. The van der Waals surface area contributed by atoms with Gasteiger partial charge in [0.1, 0.15) is 11.6 Å². The molecule has 3 rings (SSSR count). The van der Waals surface area contributed by atoms with Crippen molar-refractivity contribution in [3.63, 3.8) is 0 Å². The van der Waals surface area contributed by atoms with Gasteiger partial charge < -0.3 is 4.57 Å². The number of thiophene rings is 1. The van der Waals surface area contributed by atoms with Crippen LogP contribution in [0.2, 0.25) is 4.34 Å². The highest BCUT2D eigenvalue weighted by Crippen LogP contribution is 2.34. The minimum Gasteiger partial charge on any atom is -0.319 e. The van der Waals surface area contributed by atoms with E-state index in [1.807, 2.05) is 16.7 Å². The van der Waals surface area contributed by atoms with E-state index in [4.69, 9.17) is 23.2 Å². The summed E-state index contributed by atoms with van der Waals surface area (Å²) in [5, 5.41) is 0. The Balaban J connectivity index is 2.22. The van der Waals surface area contributed by atoms with Crippen molar-refractivity contribution < 1.29 is 4.39 Å². The van der Waals surface area contributed by atoms with E-state index >= 15 is 0 Å². The first-order valence-electron chi connectivity index (χ1n) is 6.18. The molecule has 2 nitrogen and oxygen atoms in total. The lowest BCUT2D eigenvalue weighted by Gasteiger charge is -2.15. The van der Waals surface area contributed by atoms with Crippen LogP contribution in [0.4, 0.5) is 4.39 Å². The predicted octanol–water partition coefficient (Wildman–Crippen LogP) is 6.00. The van der Waals surface area contributed by atoms with Gasteiger partial charge in [-0.05, 0) is 41.1 Å². The van der Waals surface area contributed by atoms with Gasteiger partial charge in [-0.1, -0.05) is 11.6 Å². The molecule has 0 fully saturated rings. The average molecular weight is 408 g/mol. The maximum Gasteiger partial charge on any atom is 0.139 e. The molecule has 1 aromatic carbocycles. The fourth-order valence-corrected chi connectivity index (χ4v) is 3.97. The van der Waals surface area contributed by atoms with Crippen LogP contribution in [0.5, 0.6) is 0 Å². The normalized spacial score (nSPS) is 13.0. The third-order valence-electron chi connectivity index (χ3n) is 3.32. The zero-order chi connectivity index (χ0) is 15.1. The van der Waals surface area contributed by atoms with Gasteiger partial charge in [-0.25, -0.2) is 9.37 Å². The Morgan fingerprint density at radius 2 is 2.19 bits per heavy atom. The van der Waals surface area contributed by atoms with E-state index in [9.17, 15) is 4.39 Å². The minimum absolute atomic E-state index is 0.0265. The topological polar surface area (TPSA) is 17.8 Å². The second-order valence-electron chi connectivity index (χ2n) is 4.60.